The molecule has 5 heteroatoms. The second-order valence-electron chi connectivity index (χ2n) is 6.87. The predicted molar refractivity (Wildman–Crippen MR) is 102 cm³/mol. The van der Waals surface area contributed by atoms with Gasteiger partial charge < -0.3 is 10.2 Å². The van der Waals surface area contributed by atoms with Crippen LogP contribution in [0.4, 0.5) is 17.5 Å². The summed E-state index contributed by atoms with van der Waals surface area (Å²) in [5.41, 5.74) is 2.89. The molecular weight excluding hydrogens is 310 g/mol. The van der Waals surface area contributed by atoms with Crippen molar-refractivity contribution in [2.75, 3.05) is 23.3 Å². The Balaban J connectivity index is 1.64. The van der Waals surface area contributed by atoms with Crippen LogP contribution in [0.5, 0.6) is 0 Å². The maximum Gasteiger partial charge on any atom is 0.227 e. The highest BCUT2D eigenvalue weighted by atomic mass is 15.3. The average molecular weight is 333 g/mol. The summed E-state index contributed by atoms with van der Waals surface area (Å²) in [6.45, 7) is 6.39. The van der Waals surface area contributed by atoms with E-state index in [2.05, 4.69) is 39.2 Å². The number of pyridine rings is 1. The van der Waals surface area contributed by atoms with Gasteiger partial charge in [-0.15, -0.1) is 0 Å². The summed E-state index contributed by atoms with van der Waals surface area (Å²) in [6, 6.07) is 12.1. The predicted octanol–water partition coefficient (Wildman–Crippen LogP) is 4.31. The lowest BCUT2D eigenvalue weighted by molar-refractivity contribution is 0.434. The van der Waals surface area contributed by atoms with Crippen molar-refractivity contribution in [1.82, 2.24) is 15.0 Å². The molecule has 1 saturated heterocycles. The second-order valence-corrected chi connectivity index (χ2v) is 6.87. The van der Waals surface area contributed by atoms with Crippen molar-refractivity contribution < 1.29 is 0 Å². The fourth-order valence-corrected chi connectivity index (χ4v) is 3.31. The number of para-hydroxylation sites is 1. The van der Waals surface area contributed by atoms with Gasteiger partial charge in [-0.05, 0) is 37.8 Å². The van der Waals surface area contributed by atoms with Crippen molar-refractivity contribution in [1.29, 1.82) is 0 Å². The molecule has 0 saturated carbocycles. The Morgan fingerprint density at radius 1 is 1.08 bits per heavy atom. The van der Waals surface area contributed by atoms with E-state index in [1.165, 1.54) is 12.8 Å². The minimum absolute atomic E-state index is 0.792. The zero-order chi connectivity index (χ0) is 17.2. The SMILES string of the molecule is Cc1cc(Nc2cccc3cccnc23)nc(N2CCC(C)CC2)n1. The normalized spacial score (nSPS) is 15.5. The van der Waals surface area contributed by atoms with Gasteiger partial charge in [0, 0.05) is 36.4 Å². The molecule has 3 aromatic rings. The van der Waals surface area contributed by atoms with Crippen molar-refractivity contribution in [2.45, 2.75) is 26.7 Å². The van der Waals surface area contributed by atoms with E-state index in [1.807, 2.05) is 37.4 Å². The first-order chi connectivity index (χ1) is 12.2. The first-order valence-electron chi connectivity index (χ1n) is 8.90. The second kappa shape index (κ2) is 6.67. The number of aryl methyl sites for hydroxylation is 1. The van der Waals surface area contributed by atoms with Crippen LogP contribution < -0.4 is 10.2 Å². The molecule has 5 nitrogen and oxygen atoms in total. The Kier molecular flexibility index (Phi) is 4.22. The Labute approximate surface area is 148 Å². The van der Waals surface area contributed by atoms with Crippen molar-refractivity contribution in [2.24, 2.45) is 5.92 Å². The van der Waals surface area contributed by atoms with E-state index in [0.717, 1.165) is 53.1 Å². The van der Waals surface area contributed by atoms with Gasteiger partial charge in [-0.1, -0.05) is 25.1 Å². The molecule has 4 rings (SSSR count). The molecule has 0 spiro atoms. The molecule has 1 aliphatic rings. The third kappa shape index (κ3) is 3.40. The number of aromatic nitrogens is 3. The summed E-state index contributed by atoms with van der Waals surface area (Å²) in [5, 5.41) is 4.55. The molecule has 2 aromatic heterocycles. The standard InChI is InChI=1S/C20H23N5/c1-14-8-11-25(12-9-14)20-22-15(2)13-18(24-20)23-17-7-3-5-16-6-4-10-21-19(16)17/h3-7,10,13-14H,8-9,11-12H2,1-2H3,(H,22,23,24). The van der Waals surface area contributed by atoms with Crippen molar-refractivity contribution in [3.63, 3.8) is 0 Å². The summed E-state index contributed by atoms with van der Waals surface area (Å²) in [4.78, 5) is 16.2. The topological polar surface area (TPSA) is 53.9 Å². The van der Waals surface area contributed by atoms with Crippen LogP contribution in [0.2, 0.25) is 0 Å². The lowest BCUT2D eigenvalue weighted by atomic mass is 10.00. The van der Waals surface area contributed by atoms with Crippen molar-refractivity contribution in [3.8, 4) is 0 Å². The zero-order valence-electron chi connectivity index (χ0n) is 14.7. The first kappa shape index (κ1) is 15.8. The highest BCUT2D eigenvalue weighted by Gasteiger charge is 2.18. The van der Waals surface area contributed by atoms with Crippen LogP contribution in [-0.4, -0.2) is 28.0 Å². The van der Waals surface area contributed by atoms with Crippen LogP contribution in [0.1, 0.15) is 25.5 Å². The Morgan fingerprint density at radius 2 is 1.88 bits per heavy atom. The molecule has 1 fully saturated rings. The molecule has 1 N–H and O–H groups in total. The smallest absolute Gasteiger partial charge is 0.227 e. The van der Waals surface area contributed by atoms with Gasteiger partial charge in [0.25, 0.3) is 0 Å². The highest BCUT2D eigenvalue weighted by Crippen LogP contribution is 2.26. The summed E-state index contributed by atoms with van der Waals surface area (Å²) in [7, 11) is 0. The summed E-state index contributed by atoms with van der Waals surface area (Å²) >= 11 is 0. The average Bonchev–Trinajstić information content (AvgIpc) is 2.62. The van der Waals surface area contributed by atoms with Gasteiger partial charge in [0.15, 0.2) is 0 Å². The fourth-order valence-electron chi connectivity index (χ4n) is 3.31. The number of anilines is 3. The van der Waals surface area contributed by atoms with Crippen LogP contribution in [0.3, 0.4) is 0 Å². The van der Waals surface area contributed by atoms with Crippen molar-refractivity contribution in [3.05, 3.63) is 48.3 Å². The van der Waals surface area contributed by atoms with E-state index in [-0.39, 0.29) is 0 Å². The third-order valence-electron chi connectivity index (χ3n) is 4.80. The monoisotopic (exact) mass is 333 g/mol. The van der Waals surface area contributed by atoms with Crippen LogP contribution in [0.25, 0.3) is 10.9 Å². The molecule has 0 radical (unpaired) electrons. The number of nitrogens with one attached hydrogen (secondary N) is 1. The first-order valence-corrected chi connectivity index (χ1v) is 8.90. The van der Waals surface area contributed by atoms with Gasteiger partial charge in [0.05, 0.1) is 11.2 Å². The van der Waals surface area contributed by atoms with Crippen LogP contribution >= 0.6 is 0 Å². The quantitative estimate of drug-likeness (QED) is 0.774. The molecule has 0 unspecified atom stereocenters. The number of hydrogen-bond acceptors (Lipinski definition) is 5. The Morgan fingerprint density at radius 3 is 2.72 bits per heavy atom. The minimum Gasteiger partial charge on any atom is -0.341 e. The summed E-state index contributed by atoms with van der Waals surface area (Å²) in [6.07, 6.45) is 4.22. The van der Waals surface area contributed by atoms with E-state index >= 15 is 0 Å². The van der Waals surface area contributed by atoms with E-state index in [4.69, 9.17) is 4.98 Å². The van der Waals surface area contributed by atoms with E-state index in [9.17, 15) is 0 Å². The van der Waals surface area contributed by atoms with E-state index < -0.39 is 0 Å². The van der Waals surface area contributed by atoms with Crippen LogP contribution in [0.15, 0.2) is 42.6 Å². The molecule has 0 atom stereocenters. The molecule has 25 heavy (non-hydrogen) atoms. The molecule has 128 valence electrons. The summed E-state index contributed by atoms with van der Waals surface area (Å²) < 4.78 is 0. The highest BCUT2D eigenvalue weighted by molar-refractivity contribution is 5.91. The lowest BCUT2D eigenvalue weighted by Gasteiger charge is -2.30. The molecule has 3 heterocycles. The number of hydrogen-bond donors (Lipinski definition) is 1. The third-order valence-corrected chi connectivity index (χ3v) is 4.80. The number of rotatable bonds is 3. The van der Waals surface area contributed by atoms with E-state index in [1.54, 1.807) is 0 Å². The minimum atomic E-state index is 0.792. The zero-order valence-corrected chi connectivity index (χ0v) is 14.7. The van der Waals surface area contributed by atoms with Crippen molar-refractivity contribution >= 4 is 28.4 Å². The molecule has 0 aliphatic carbocycles. The van der Waals surface area contributed by atoms with Crippen LogP contribution in [-0.2, 0) is 0 Å². The number of piperidine rings is 1. The van der Waals surface area contributed by atoms with Gasteiger partial charge >= 0.3 is 0 Å². The number of benzene rings is 1. The largest absolute Gasteiger partial charge is 0.341 e. The lowest BCUT2D eigenvalue weighted by Crippen LogP contribution is -2.34. The van der Waals surface area contributed by atoms with E-state index in [0.29, 0.717) is 0 Å². The van der Waals surface area contributed by atoms with Gasteiger partial charge in [0.2, 0.25) is 5.95 Å². The van der Waals surface area contributed by atoms with Crippen LogP contribution in [0, 0.1) is 12.8 Å². The van der Waals surface area contributed by atoms with Gasteiger partial charge in [-0.2, -0.15) is 4.98 Å². The molecular formula is C20H23N5. The van der Waals surface area contributed by atoms with Gasteiger partial charge in [-0.3, -0.25) is 4.98 Å². The Hall–Kier alpha value is -2.69. The summed E-state index contributed by atoms with van der Waals surface area (Å²) in [5.74, 6) is 2.43. The Bertz CT molecular complexity index is 879. The van der Waals surface area contributed by atoms with Gasteiger partial charge in [0.1, 0.15) is 5.82 Å². The number of fused-ring (bicyclic) bond motifs is 1. The maximum absolute atomic E-state index is 4.76. The molecule has 1 aromatic carbocycles. The molecule has 0 amide bonds. The fraction of sp³-hybridized carbons (Fsp3) is 0.350. The van der Waals surface area contributed by atoms with Gasteiger partial charge in [-0.25, -0.2) is 4.98 Å². The molecule has 1 aliphatic heterocycles. The molecule has 0 bridgehead atoms. The maximum atomic E-state index is 4.76. The number of nitrogens with zero attached hydrogens (tertiary/aromatic N) is 4.